The quantitative estimate of drug-likeness (QED) is 0.638. The molecule has 84 valence electrons. The van der Waals surface area contributed by atoms with E-state index in [-0.39, 0.29) is 5.82 Å². The van der Waals surface area contributed by atoms with E-state index in [0.717, 1.165) is 20.6 Å². The molecule has 2 heterocycles. The monoisotopic (exact) mass is 339 g/mol. The van der Waals surface area contributed by atoms with Gasteiger partial charge in [0.1, 0.15) is 9.52 Å². The predicted molar refractivity (Wildman–Crippen MR) is 71.1 cm³/mol. The van der Waals surface area contributed by atoms with Crippen LogP contribution in [0.1, 0.15) is 0 Å². The number of rotatable bonds is 1. The highest BCUT2D eigenvalue weighted by Gasteiger charge is 2.05. The molecule has 0 amide bonds. The van der Waals surface area contributed by atoms with Gasteiger partial charge in [0.25, 0.3) is 0 Å². The van der Waals surface area contributed by atoms with E-state index in [1.807, 2.05) is 16.7 Å². The molecule has 17 heavy (non-hydrogen) atoms. The molecule has 0 saturated carbocycles. The first-order valence-electron chi connectivity index (χ1n) is 4.98. The summed E-state index contributed by atoms with van der Waals surface area (Å²) >= 11 is 2.19. The minimum atomic E-state index is -0.260. The molecule has 0 bridgehead atoms. The van der Waals surface area contributed by atoms with Gasteiger partial charge in [-0.3, -0.25) is 9.38 Å². The summed E-state index contributed by atoms with van der Waals surface area (Å²) in [6.07, 6.45) is 5.31. The minimum Gasteiger partial charge on any atom is -0.291 e. The van der Waals surface area contributed by atoms with E-state index in [1.165, 1.54) is 12.1 Å². The van der Waals surface area contributed by atoms with Crippen molar-refractivity contribution < 1.29 is 4.39 Å². The average Bonchev–Trinajstić information content (AvgIpc) is 2.71. The van der Waals surface area contributed by atoms with E-state index < -0.39 is 0 Å². The molecule has 3 nitrogen and oxygen atoms in total. The molecular formula is C12H7FIN3. The van der Waals surface area contributed by atoms with Crippen molar-refractivity contribution in [3.8, 4) is 11.3 Å². The zero-order valence-electron chi connectivity index (χ0n) is 8.64. The van der Waals surface area contributed by atoms with E-state index in [4.69, 9.17) is 0 Å². The molecule has 0 N–H and O–H groups in total. The molecule has 0 saturated heterocycles. The number of nitrogens with zero attached hydrogens (tertiary/aromatic N) is 3. The molecular weight excluding hydrogens is 332 g/mol. The number of imidazole rings is 1. The maximum Gasteiger partial charge on any atom is 0.156 e. The van der Waals surface area contributed by atoms with Crippen LogP contribution in [0, 0.1) is 9.52 Å². The van der Waals surface area contributed by atoms with Crippen molar-refractivity contribution in [3.05, 3.63) is 52.4 Å². The van der Waals surface area contributed by atoms with Crippen LogP contribution in [-0.4, -0.2) is 14.4 Å². The van der Waals surface area contributed by atoms with Crippen molar-refractivity contribution in [1.82, 2.24) is 14.4 Å². The number of aromatic nitrogens is 3. The number of benzene rings is 1. The molecule has 3 rings (SSSR count). The first-order chi connectivity index (χ1) is 8.24. The van der Waals surface area contributed by atoms with Crippen LogP contribution in [0.25, 0.3) is 16.9 Å². The second-order valence-electron chi connectivity index (χ2n) is 3.59. The fourth-order valence-electron chi connectivity index (χ4n) is 1.66. The topological polar surface area (TPSA) is 30.2 Å². The highest BCUT2D eigenvalue weighted by atomic mass is 127. The lowest BCUT2D eigenvalue weighted by Gasteiger charge is -2.02. The maximum absolute atomic E-state index is 13.1. The highest BCUT2D eigenvalue weighted by Crippen LogP contribution is 2.19. The Balaban J connectivity index is 2.20. The molecule has 3 aromatic rings. The Labute approximate surface area is 110 Å². The van der Waals surface area contributed by atoms with E-state index >= 15 is 0 Å². The molecule has 1 aromatic carbocycles. The van der Waals surface area contributed by atoms with Crippen molar-refractivity contribution in [2.75, 3.05) is 0 Å². The van der Waals surface area contributed by atoms with Crippen LogP contribution >= 0.6 is 22.6 Å². The number of hydrogen-bond acceptors (Lipinski definition) is 2. The second kappa shape index (κ2) is 4.06. The van der Waals surface area contributed by atoms with E-state index in [2.05, 4.69) is 32.6 Å². The standard InChI is InChI=1S/C12H7FIN3/c13-9-3-1-2-8(4-9)10-7-17-11(14)5-16-12(17)6-15-10/h1-7H. The van der Waals surface area contributed by atoms with Crippen LogP contribution in [-0.2, 0) is 0 Å². The van der Waals surface area contributed by atoms with Crippen molar-refractivity contribution in [2.24, 2.45) is 0 Å². The van der Waals surface area contributed by atoms with Crippen molar-refractivity contribution >= 4 is 28.2 Å². The molecule has 0 fully saturated rings. The lowest BCUT2D eigenvalue weighted by atomic mass is 10.1. The number of fused-ring (bicyclic) bond motifs is 1. The molecule has 0 atom stereocenters. The summed E-state index contributed by atoms with van der Waals surface area (Å²) in [6, 6.07) is 6.40. The van der Waals surface area contributed by atoms with Gasteiger partial charge in [-0.1, -0.05) is 12.1 Å². The lowest BCUT2D eigenvalue weighted by molar-refractivity contribution is 0.628. The third-order valence-corrected chi connectivity index (χ3v) is 3.27. The summed E-state index contributed by atoms with van der Waals surface area (Å²) < 4.78 is 16.1. The second-order valence-corrected chi connectivity index (χ2v) is 4.70. The maximum atomic E-state index is 13.1. The van der Waals surface area contributed by atoms with Gasteiger partial charge < -0.3 is 0 Å². The summed E-state index contributed by atoms with van der Waals surface area (Å²) in [6.45, 7) is 0. The molecule has 2 aromatic heterocycles. The molecule has 0 aliphatic heterocycles. The first kappa shape index (κ1) is 10.6. The Morgan fingerprint density at radius 1 is 1.18 bits per heavy atom. The van der Waals surface area contributed by atoms with Crippen LogP contribution in [0.5, 0.6) is 0 Å². The van der Waals surface area contributed by atoms with Gasteiger partial charge in [-0.05, 0) is 34.7 Å². The van der Waals surface area contributed by atoms with Gasteiger partial charge >= 0.3 is 0 Å². The minimum absolute atomic E-state index is 0.260. The number of hydrogen-bond donors (Lipinski definition) is 0. The van der Waals surface area contributed by atoms with Gasteiger partial charge in [0.2, 0.25) is 0 Å². The predicted octanol–water partition coefficient (Wildman–Crippen LogP) is 3.14. The van der Waals surface area contributed by atoms with Crippen molar-refractivity contribution in [1.29, 1.82) is 0 Å². The normalized spacial score (nSPS) is 10.9. The summed E-state index contributed by atoms with van der Waals surface area (Å²) in [4.78, 5) is 8.47. The molecule has 0 aliphatic carbocycles. The van der Waals surface area contributed by atoms with Crippen molar-refractivity contribution in [3.63, 3.8) is 0 Å². The SMILES string of the molecule is Fc1cccc(-c2cn3c(I)cnc3cn2)c1. The van der Waals surface area contributed by atoms with Gasteiger partial charge in [-0.15, -0.1) is 0 Å². The van der Waals surface area contributed by atoms with Gasteiger partial charge in [-0.2, -0.15) is 0 Å². The molecule has 0 radical (unpaired) electrons. The summed E-state index contributed by atoms with van der Waals surface area (Å²) in [5.41, 5.74) is 2.28. The Morgan fingerprint density at radius 2 is 2.06 bits per heavy atom. The third-order valence-electron chi connectivity index (χ3n) is 2.47. The molecule has 0 aliphatic rings. The molecule has 5 heteroatoms. The smallest absolute Gasteiger partial charge is 0.156 e. The van der Waals surface area contributed by atoms with Crippen LogP contribution in [0.15, 0.2) is 42.9 Å². The highest BCUT2D eigenvalue weighted by molar-refractivity contribution is 14.1. The Morgan fingerprint density at radius 3 is 2.88 bits per heavy atom. The average molecular weight is 339 g/mol. The summed E-state index contributed by atoms with van der Waals surface area (Å²) in [5.74, 6) is -0.260. The van der Waals surface area contributed by atoms with Crippen LogP contribution in [0.3, 0.4) is 0 Å². The fraction of sp³-hybridized carbons (Fsp3) is 0. The third kappa shape index (κ3) is 1.90. The largest absolute Gasteiger partial charge is 0.291 e. The van der Waals surface area contributed by atoms with Crippen LogP contribution in [0.4, 0.5) is 4.39 Å². The number of halogens is 2. The Bertz CT molecular complexity index is 693. The Kier molecular flexibility index (Phi) is 2.54. The van der Waals surface area contributed by atoms with Crippen molar-refractivity contribution in [2.45, 2.75) is 0 Å². The molecule has 0 spiro atoms. The molecule has 0 unspecified atom stereocenters. The van der Waals surface area contributed by atoms with Gasteiger partial charge in [0.15, 0.2) is 5.65 Å². The zero-order chi connectivity index (χ0) is 11.8. The van der Waals surface area contributed by atoms with E-state index in [0.29, 0.717) is 0 Å². The summed E-state index contributed by atoms with van der Waals surface area (Å²) in [7, 11) is 0. The van der Waals surface area contributed by atoms with Gasteiger partial charge in [-0.25, -0.2) is 9.37 Å². The van der Waals surface area contributed by atoms with Gasteiger partial charge in [0, 0.05) is 11.8 Å². The van der Waals surface area contributed by atoms with E-state index in [9.17, 15) is 4.39 Å². The van der Waals surface area contributed by atoms with Crippen LogP contribution < -0.4 is 0 Å². The zero-order valence-corrected chi connectivity index (χ0v) is 10.8. The fourth-order valence-corrected chi connectivity index (χ4v) is 2.18. The van der Waals surface area contributed by atoms with Gasteiger partial charge in [0.05, 0.1) is 18.1 Å². The first-order valence-corrected chi connectivity index (χ1v) is 6.06. The van der Waals surface area contributed by atoms with Crippen LogP contribution in [0.2, 0.25) is 0 Å². The Hall–Kier alpha value is -1.50. The summed E-state index contributed by atoms with van der Waals surface area (Å²) in [5, 5.41) is 0. The van der Waals surface area contributed by atoms with E-state index in [1.54, 1.807) is 18.5 Å². The lowest BCUT2D eigenvalue weighted by Crippen LogP contribution is -1.92.